The number of alkyl halides is 1. The summed E-state index contributed by atoms with van der Waals surface area (Å²) in [6.07, 6.45) is -45.5. The van der Waals surface area contributed by atoms with Crippen LogP contribution in [-0.4, -0.2) is 298 Å². The summed E-state index contributed by atoms with van der Waals surface area (Å²) in [6, 6.07) is 0. The van der Waals surface area contributed by atoms with Crippen molar-refractivity contribution >= 4 is 128 Å². The molecule has 45 nitrogen and oxygen atoms in total. The molecule has 6 aliphatic heterocycles. The summed E-state index contributed by atoms with van der Waals surface area (Å²) in [5.41, 5.74) is -3.07. The van der Waals surface area contributed by atoms with Crippen LogP contribution >= 0.6 is 20.2 Å². The Balaban J connectivity index is 1.27. The topological polar surface area (TPSA) is 556 Å². The molecule has 0 spiro atoms. The molecular weight excluding hydrogens is 1860 g/mol. The van der Waals surface area contributed by atoms with Crippen LogP contribution in [0, 0.1) is 28.1 Å². The van der Waals surface area contributed by atoms with E-state index >= 15 is 4.79 Å². The van der Waals surface area contributed by atoms with Gasteiger partial charge in [0.2, 0.25) is 0 Å². The van der Waals surface area contributed by atoms with E-state index in [0.717, 1.165) is 118 Å². The number of hydrogen-bond donors (Lipinski definition) is 0. The average molecular weight is 1970 g/mol. The Morgan fingerprint density at radius 1 is 0.308 bits per heavy atom. The van der Waals surface area contributed by atoms with Crippen LogP contribution in [-0.2, 0) is 213 Å². The minimum absolute atomic E-state index is 0.147. The van der Waals surface area contributed by atoms with E-state index in [1.807, 2.05) is 6.92 Å². The van der Waals surface area contributed by atoms with Crippen molar-refractivity contribution < 1.29 is 213 Å². The van der Waals surface area contributed by atoms with Crippen LogP contribution < -0.4 is 0 Å². The summed E-state index contributed by atoms with van der Waals surface area (Å²) in [5, 5.41) is 0. The number of rotatable bonds is 33. The normalized spacial score (nSPS) is 35.4. The summed E-state index contributed by atoms with van der Waals surface area (Å²) in [5.74, 6) is -18.9. The Morgan fingerprint density at radius 3 is 0.885 bits per heavy atom. The third kappa shape index (κ3) is 27.4. The summed E-state index contributed by atoms with van der Waals surface area (Å²) >= 11 is -3.62. The van der Waals surface area contributed by atoms with Crippen LogP contribution in [0.4, 0.5) is 0 Å². The summed E-state index contributed by atoms with van der Waals surface area (Å²) in [4.78, 5) is 239. The van der Waals surface area contributed by atoms with Crippen molar-refractivity contribution in [3.05, 3.63) is 10.2 Å². The molecule has 0 bridgehead atoms. The Labute approximate surface area is 755 Å². The molecule has 6 saturated heterocycles. The van der Waals surface area contributed by atoms with Crippen LogP contribution in [0.5, 0.6) is 0 Å². The number of carbonyl (C=O) groups is 18. The fraction of sp³-hybridized carbons (Fsp3) is 0.762. The van der Waals surface area contributed by atoms with E-state index in [-0.39, 0.29) is 23.2 Å². The van der Waals surface area contributed by atoms with Gasteiger partial charge in [0, 0.05) is 48.5 Å². The van der Waals surface area contributed by atoms with Crippen LogP contribution in [0.25, 0.3) is 0 Å². The van der Waals surface area contributed by atoms with Crippen molar-refractivity contribution in [1.29, 1.82) is 0 Å². The molecule has 0 amide bonds. The van der Waals surface area contributed by atoms with Crippen LogP contribution in [0.15, 0.2) is 10.2 Å². The SMILES string of the molecule is C=C1C[C@@]2(CC)CCC3[C@@](C)(CCC[C@@]3(C)C(=O)OC3OC(COC(C)=O)C(OC(C)=O)C(OC(C)=O)C3OC3OC(COC(C)=O)C(OC(C)=O)C(OC(C)=O)C3OC(C)=O)C2CCI1OC1OC(COC(C)=O)C(OC(C)=O)C(OC2OC(COC(C)=O)C(OC(C)=O)C(OC(C)=O)C2OC(C)=O)C1OC1OC(COC(C)=O)C(OC(C)=O)C(OC(C)=O)C1OC(C)=O. The molecule has 6 heterocycles. The Hall–Kier alpha value is -9.43. The maximum atomic E-state index is 16.3. The predicted octanol–water partition coefficient (Wildman–Crippen LogP) is 3.67. The van der Waals surface area contributed by atoms with Gasteiger partial charge < -0.3 is 33.2 Å². The molecule has 8 rings (SSSR count). The summed E-state index contributed by atoms with van der Waals surface area (Å²) < 4.78 is 165. The molecule has 0 N–H and O–H groups in total. The zero-order valence-electron chi connectivity index (χ0n) is 75.9. The number of esters is 18. The van der Waals surface area contributed by atoms with E-state index in [4.69, 9.17) is 133 Å². The predicted molar refractivity (Wildman–Crippen MR) is 431 cm³/mol. The second-order valence-electron chi connectivity index (χ2n) is 33.0. The van der Waals surface area contributed by atoms with Gasteiger partial charge in [-0.1, -0.05) is 0 Å². The van der Waals surface area contributed by atoms with Crippen molar-refractivity contribution in [2.45, 2.75) is 343 Å². The van der Waals surface area contributed by atoms with E-state index in [9.17, 15) is 81.5 Å². The van der Waals surface area contributed by atoms with E-state index in [2.05, 4.69) is 6.92 Å². The third-order valence-electron chi connectivity index (χ3n) is 23.2. The van der Waals surface area contributed by atoms with Crippen LogP contribution in [0.3, 0.4) is 0 Å². The van der Waals surface area contributed by atoms with E-state index < -0.39 is 336 Å². The first kappa shape index (κ1) is 106. The van der Waals surface area contributed by atoms with Gasteiger partial charge in [-0.05, 0) is 0 Å². The van der Waals surface area contributed by atoms with Gasteiger partial charge in [-0.2, -0.15) is 0 Å². The van der Waals surface area contributed by atoms with E-state index in [0.29, 0.717) is 42.1 Å². The van der Waals surface area contributed by atoms with Gasteiger partial charge in [0.25, 0.3) is 0 Å². The van der Waals surface area contributed by atoms with Crippen molar-refractivity contribution in [1.82, 2.24) is 0 Å². The first-order valence-corrected chi connectivity index (χ1v) is 45.6. The molecule has 0 aromatic heterocycles. The quantitative estimate of drug-likeness (QED) is 0.0391. The first-order valence-electron chi connectivity index (χ1n) is 42.1. The monoisotopic (exact) mass is 1970 g/mol. The third-order valence-corrected chi connectivity index (χ3v) is 28.0. The Kier molecular flexibility index (Phi) is 37.7. The van der Waals surface area contributed by atoms with Gasteiger partial charge in [0.1, 0.15) is 12.7 Å². The molecule has 27 unspecified atom stereocenters. The van der Waals surface area contributed by atoms with Crippen molar-refractivity contribution in [3.63, 3.8) is 0 Å². The van der Waals surface area contributed by atoms with E-state index in [1.54, 1.807) is 6.92 Å². The summed E-state index contributed by atoms with van der Waals surface area (Å²) in [7, 11) is 0. The van der Waals surface area contributed by atoms with Gasteiger partial charge in [-0.3, -0.25) is 33.6 Å². The fourth-order valence-corrected chi connectivity index (χ4v) is 23.3. The number of fused-ring (bicyclic) bond motifs is 3. The van der Waals surface area contributed by atoms with Gasteiger partial charge in [0.15, 0.2) is 18.3 Å². The average Bonchev–Trinajstić information content (AvgIpc) is 1.17. The molecule has 0 aromatic carbocycles. The molecule has 0 aromatic rings. The van der Waals surface area contributed by atoms with E-state index in [1.165, 1.54) is 0 Å². The molecule has 46 heteroatoms. The second-order valence-corrected chi connectivity index (χ2v) is 38.0. The second kappa shape index (κ2) is 46.3. The molecule has 8 aliphatic rings. The van der Waals surface area contributed by atoms with Gasteiger partial charge in [-0.25, -0.2) is 0 Å². The van der Waals surface area contributed by atoms with Crippen LogP contribution in [0.1, 0.15) is 190 Å². The number of hydrogen-bond acceptors (Lipinski definition) is 45. The molecule has 130 heavy (non-hydrogen) atoms. The molecule has 0 radical (unpaired) electrons. The number of halogens is 1. The maximum absolute atomic E-state index is 16.3. The standard InChI is InChI=1S/C84H117IO45/c1-22-84-28-24-59-82(20,26-23-27-83(59,21)81(103)129-79-74(69(117-50(16)99)64(112-45(11)94)57(124-79)34-107-40(6)89)127-77-72(119-52(18)101)67(115-48(14)97)62(110-43(9)92)55(122-77)32-105-38(4)87)60(84)25-29-85(36(2)30-84)130-80-75(128-78-73(120-53(19)102)68(116-49(15)98)63(111-44(10)93)56(123-78)33-106-39(5)88)70(65(113-46(12)95)58(125-80)35-108-41(7)90)126-76-71(118-51(17)100)66(114-47(13)96)61(109-42(8)91)54(121-76)31-104-37(3)86/h54-80H,2,22-35H2,1,3-21H3/t54?,55?,56?,57?,58?,59?,60?,61?,62?,63?,64?,65?,66?,67?,68?,69?,70?,71?,72?,73?,74?,75?,76?,77?,78?,79?,80?,82-,83-,84-/m1/s1. The molecular formula is C84H117IO45. The Bertz CT molecular complexity index is 4170. The molecule has 8 fully saturated rings. The van der Waals surface area contributed by atoms with Crippen LogP contribution in [0.2, 0.25) is 0 Å². The summed E-state index contributed by atoms with van der Waals surface area (Å²) in [6.45, 7) is 23.4. The number of carbonyl (C=O) groups excluding carboxylic acids is 18. The zero-order chi connectivity index (χ0) is 96.6. The first-order chi connectivity index (χ1) is 60.9. The fourth-order valence-electron chi connectivity index (χ4n) is 18.6. The van der Waals surface area contributed by atoms with Crippen molar-refractivity contribution in [2.24, 2.45) is 28.1 Å². The van der Waals surface area contributed by atoms with Crippen molar-refractivity contribution in [3.8, 4) is 0 Å². The molecule has 2 aliphatic carbocycles. The minimum atomic E-state index is -3.62. The number of ether oxygens (including phenoxy) is 26. The Morgan fingerprint density at radius 2 is 0.577 bits per heavy atom. The van der Waals surface area contributed by atoms with Gasteiger partial charge >= 0.3 is 613 Å². The van der Waals surface area contributed by atoms with Gasteiger partial charge in [0.05, 0.1) is 0 Å². The number of allylic oxidation sites excluding steroid dienone is 1. The van der Waals surface area contributed by atoms with Crippen molar-refractivity contribution in [2.75, 3.05) is 37.5 Å². The molecule has 30 atom stereocenters. The zero-order valence-corrected chi connectivity index (χ0v) is 78.1. The molecule has 730 valence electrons. The molecule has 2 saturated carbocycles. The van der Waals surface area contributed by atoms with Gasteiger partial charge in [-0.15, -0.1) is 0 Å².